The molecule has 110 valence electrons. The number of rotatable bonds is 2. The minimum atomic E-state index is -0.0725. The van der Waals surface area contributed by atoms with Gasteiger partial charge >= 0.3 is 6.03 Å². The van der Waals surface area contributed by atoms with Gasteiger partial charge in [-0.15, -0.1) is 11.3 Å². The number of nitrogens with one attached hydrogen (secondary N) is 1. The standard InChI is InChI=1S/C16H17ClN2OS/c1-11-6-7-13(12(17)10-11)18-16(20)19-8-2-4-14(19)15-5-3-9-21-15/h3,5-7,9-10,14H,2,4,8H2,1H3,(H,18,20)/t14-/m0/s1. The monoisotopic (exact) mass is 320 g/mol. The number of nitrogens with zero attached hydrogens (tertiary/aromatic N) is 1. The average Bonchev–Trinajstić information content (AvgIpc) is 3.10. The third-order valence-electron chi connectivity index (χ3n) is 3.75. The first kappa shape index (κ1) is 14.4. The summed E-state index contributed by atoms with van der Waals surface area (Å²) in [7, 11) is 0. The number of likely N-dealkylation sites (tertiary alicyclic amines) is 1. The van der Waals surface area contributed by atoms with Gasteiger partial charge in [-0.2, -0.15) is 0 Å². The summed E-state index contributed by atoms with van der Waals surface area (Å²) in [6, 6.07) is 9.91. The van der Waals surface area contributed by atoms with E-state index in [2.05, 4.69) is 16.8 Å². The van der Waals surface area contributed by atoms with Crippen molar-refractivity contribution in [3.05, 3.63) is 51.2 Å². The molecule has 1 saturated heterocycles. The van der Waals surface area contributed by atoms with Crippen LogP contribution < -0.4 is 5.32 Å². The summed E-state index contributed by atoms with van der Waals surface area (Å²) in [4.78, 5) is 15.7. The number of carbonyl (C=O) groups is 1. The van der Waals surface area contributed by atoms with Gasteiger partial charge in [0.1, 0.15) is 0 Å². The molecule has 2 amide bonds. The maximum atomic E-state index is 12.5. The lowest BCUT2D eigenvalue weighted by atomic mass is 10.2. The van der Waals surface area contributed by atoms with Crippen molar-refractivity contribution in [2.45, 2.75) is 25.8 Å². The molecule has 1 aliphatic rings. The molecule has 3 nitrogen and oxygen atoms in total. The molecule has 1 aromatic heterocycles. The van der Waals surface area contributed by atoms with E-state index in [1.54, 1.807) is 11.3 Å². The van der Waals surface area contributed by atoms with Crippen molar-refractivity contribution in [3.8, 4) is 0 Å². The van der Waals surface area contributed by atoms with Crippen LogP contribution in [0.5, 0.6) is 0 Å². The van der Waals surface area contributed by atoms with Crippen LogP contribution in [0, 0.1) is 6.92 Å². The Balaban J connectivity index is 1.75. The van der Waals surface area contributed by atoms with Crippen LogP contribution in [0.2, 0.25) is 5.02 Å². The minimum Gasteiger partial charge on any atom is -0.317 e. The van der Waals surface area contributed by atoms with E-state index in [0.29, 0.717) is 10.7 Å². The highest BCUT2D eigenvalue weighted by molar-refractivity contribution is 7.10. The van der Waals surface area contributed by atoms with Gasteiger partial charge in [-0.3, -0.25) is 0 Å². The number of carbonyl (C=O) groups excluding carboxylic acids is 1. The lowest BCUT2D eigenvalue weighted by Crippen LogP contribution is -2.34. The fraction of sp³-hybridized carbons (Fsp3) is 0.312. The highest BCUT2D eigenvalue weighted by Gasteiger charge is 2.30. The Morgan fingerprint density at radius 1 is 1.43 bits per heavy atom. The summed E-state index contributed by atoms with van der Waals surface area (Å²) in [5.41, 5.74) is 1.75. The van der Waals surface area contributed by atoms with Crippen LogP contribution >= 0.6 is 22.9 Å². The summed E-state index contributed by atoms with van der Waals surface area (Å²) in [6.45, 7) is 2.77. The van der Waals surface area contributed by atoms with Crippen molar-refractivity contribution < 1.29 is 4.79 Å². The fourth-order valence-corrected chi connectivity index (χ4v) is 3.85. The topological polar surface area (TPSA) is 32.3 Å². The molecule has 0 radical (unpaired) electrons. The van der Waals surface area contributed by atoms with E-state index >= 15 is 0 Å². The Hall–Kier alpha value is -1.52. The summed E-state index contributed by atoms with van der Waals surface area (Å²) < 4.78 is 0. The Labute approximate surface area is 133 Å². The highest BCUT2D eigenvalue weighted by atomic mass is 35.5. The number of urea groups is 1. The van der Waals surface area contributed by atoms with Crippen LogP contribution in [0.4, 0.5) is 10.5 Å². The zero-order chi connectivity index (χ0) is 14.8. The number of halogens is 1. The molecule has 1 fully saturated rings. The van der Waals surface area contributed by atoms with Crippen molar-refractivity contribution in [1.82, 2.24) is 4.90 Å². The van der Waals surface area contributed by atoms with E-state index in [9.17, 15) is 4.79 Å². The van der Waals surface area contributed by atoms with Crippen molar-refractivity contribution in [2.24, 2.45) is 0 Å². The SMILES string of the molecule is Cc1ccc(NC(=O)N2CCC[C@H]2c2cccs2)c(Cl)c1. The lowest BCUT2D eigenvalue weighted by Gasteiger charge is -2.24. The summed E-state index contributed by atoms with van der Waals surface area (Å²) in [6.07, 6.45) is 2.06. The summed E-state index contributed by atoms with van der Waals surface area (Å²) in [5, 5.41) is 5.57. The van der Waals surface area contributed by atoms with Gasteiger partial charge in [-0.1, -0.05) is 23.7 Å². The summed E-state index contributed by atoms with van der Waals surface area (Å²) >= 11 is 7.89. The van der Waals surface area contributed by atoms with Crippen molar-refractivity contribution in [3.63, 3.8) is 0 Å². The van der Waals surface area contributed by atoms with E-state index < -0.39 is 0 Å². The van der Waals surface area contributed by atoms with E-state index in [0.717, 1.165) is 24.9 Å². The van der Waals surface area contributed by atoms with E-state index in [1.807, 2.05) is 36.1 Å². The van der Waals surface area contributed by atoms with Gasteiger partial charge in [0.25, 0.3) is 0 Å². The van der Waals surface area contributed by atoms with Crippen LogP contribution in [0.1, 0.15) is 29.3 Å². The number of aryl methyl sites for hydroxylation is 1. The third kappa shape index (κ3) is 3.06. The molecule has 5 heteroatoms. The van der Waals surface area contributed by atoms with Gasteiger partial charge in [-0.25, -0.2) is 4.79 Å². The molecule has 0 bridgehead atoms. The molecule has 0 unspecified atom stereocenters. The molecule has 0 aliphatic carbocycles. The van der Waals surface area contributed by atoms with E-state index in [-0.39, 0.29) is 12.1 Å². The molecule has 2 aromatic rings. The number of amides is 2. The van der Waals surface area contributed by atoms with Gasteiger partial charge in [-0.05, 0) is 48.9 Å². The molecule has 3 rings (SSSR count). The zero-order valence-electron chi connectivity index (χ0n) is 11.8. The van der Waals surface area contributed by atoms with Crippen molar-refractivity contribution in [2.75, 3.05) is 11.9 Å². The Morgan fingerprint density at radius 3 is 3.00 bits per heavy atom. The number of anilines is 1. The maximum absolute atomic E-state index is 12.5. The minimum absolute atomic E-state index is 0.0725. The molecule has 1 aromatic carbocycles. The zero-order valence-corrected chi connectivity index (χ0v) is 13.4. The molecular weight excluding hydrogens is 304 g/mol. The number of thiophene rings is 1. The number of benzene rings is 1. The van der Waals surface area contributed by atoms with Crippen LogP contribution in [0.3, 0.4) is 0 Å². The number of hydrogen-bond acceptors (Lipinski definition) is 2. The Morgan fingerprint density at radius 2 is 2.29 bits per heavy atom. The second-order valence-corrected chi connectivity index (χ2v) is 6.67. The molecule has 0 spiro atoms. The van der Waals surface area contributed by atoms with Crippen molar-refractivity contribution in [1.29, 1.82) is 0 Å². The van der Waals surface area contributed by atoms with Crippen LogP contribution in [-0.2, 0) is 0 Å². The maximum Gasteiger partial charge on any atom is 0.322 e. The van der Waals surface area contributed by atoms with Gasteiger partial charge in [0.15, 0.2) is 0 Å². The van der Waals surface area contributed by atoms with Crippen LogP contribution in [0.25, 0.3) is 0 Å². The van der Waals surface area contributed by atoms with E-state index in [1.165, 1.54) is 4.88 Å². The second-order valence-electron chi connectivity index (χ2n) is 5.28. The molecule has 2 heterocycles. The molecule has 1 aliphatic heterocycles. The lowest BCUT2D eigenvalue weighted by molar-refractivity contribution is 0.208. The van der Waals surface area contributed by atoms with Gasteiger partial charge in [0, 0.05) is 11.4 Å². The fourth-order valence-electron chi connectivity index (χ4n) is 2.69. The second kappa shape index (κ2) is 6.08. The predicted molar refractivity (Wildman–Crippen MR) is 88.2 cm³/mol. The number of hydrogen-bond donors (Lipinski definition) is 1. The first-order chi connectivity index (χ1) is 10.1. The quantitative estimate of drug-likeness (QED) is 0.822. The molecule has 0 saturated carbocycles. The van der Waals surface area contributed by atoms with Crippen molar-refractivity contribution >= 4 is 34.7 Å². The molecule has 21 heavy (non-hydrogen) atoms. The Kier molecular flexibility index (Phi) is 4.17. The smallest absolute Gasteiger partial charge is 0.317 e. The van der Waals surface area contributed by atoms with Gasteiger partial charge in [0.05, 0.1) is 16.8 Å². The normalized spacial score (nSPS) is 18.0. The van der Waals surface area contributed by atoms with Gasteiger partial charge < -0.3 is 10.2 Å². The molecular formula is C16H17ClN2OS. The Bertz CT molecular complexity index is 642. The molecule has 1 atom stereocenters. The van der Waals surface area contributed by atoms with E-state index in [4.69, 9.17) is 11.6 Å². The summed E-state index contributed by atoms with van der Waals surface area (Å²) in [5.74, 6) is 0. The largest absolute Gasteiger partial charge is 0.322 e. The first-order valence-corrected chi connectivity index (χ1v) is 8.28. The van der Waals surface area contributed by atoms with Crippen LogP contribution in [0.15, 0.2) is 35.7 Å². The highest BCUT2D eigenvalue weighted by Crippen LogP contribution is 2.35. The average molecular weight is 321 g/mol. The predicted octanol–water partition coefficient (Wildman–Crippen LogP) is 5.08. The first-order valence-electron chi connectivity index (χ1n) is 7.02. The molecule has 1 N–H and O–H groups in total. The third-order valence-corrected chi connectivity index (χ3v) is 5.04. The van der Waals surface area contributed by atoms with Gasteiger partial charge in [0.2, 0.25) is 0 Å². The van der Waals surface area contributed by atoms with Crippen LogP contribution in [-0.4, -0.2) is 17.5 Å².